The lowest BCUT2D eigenvalue weighted by Crippen LogP contribution is -2.38. The number of benzene rings is 3. The van der Waals surface area contributed by atoms with E-state index in [1.165, 1.54) is 29.2 Å². The molecular formula is C30H25FN2O6. The summed E-state index contributed by atoms with van der Waals surface area (Å²) in [4.78, 5) is 41.4. The molecule has 1 aliphatic heterocycles. The van der Waals surface area contributed by atoms with E-state index in [2.05, 4.69) is 0 Å². The molecule has 0 saturated carbocycles. The Morgan fingerprint density at radius 3 is 2.56 bits per heavy atom. The summed E-state index contributed by atoms with van der Waals surface area (Å²) in [5.74, 6) is -0.643. The number of anilines is 1. The summed E-state index contributed by atoms with van der Waals surface area (Å²) in [6.45, 7) is -0.103. The maximum absolute atomic E-state index is 13.8. The average molecular weight is 529 g/mol. The van der Waals surface area contributed by atoms with Gasteiger partial charge in [0.1, 0.15) is 11.5 Å². The predicted molar refractivity (Wildman–Crippen MR) is 140 cm³/mol. The number of para-hydroxylation sites is 1. The van der Waals surface area contributed by atoms with Crippen LogP contribution in [-0.4, -0.2) is 42.8 Å². The summed E-state index contributed by atoms with van der Waals surface area (Å²) in [6.07, 6.45) is 0. The van der Waals surface area contributed by atoms with Crippen LogP contribution in [0.25, 0.3) is 0 Å². The molecule has 0 saturated heterocycles. The molecule has 0 aliphatic carbocycles. The van der Waals surface area contributed by atoms with E-state index in [-0.39, 0.29) is 48.6 Å². The van der Waals surface area contributed by atoms with Crippen LogP contribution in [0, 0.1) is 5.82 Å². The lowest BCUT2D eigenvalue weighted by molar-refractivity contribution is -0.121. The first-order chi connectivity index (χ1) is 18.9. The van der Waals surface area contributed by atoms with Gasteiger partial charge in [-0.25, -0.2) is 4.39 Å². The standard InChI is InChI=1S/C30H25FN2O6/c1-32(16-20-7-3-2-4-8-20)30(36)28-14-12-22(39-28)17-33-24-15-21(11-13-27(24)38-19-29(33)35)25(34)18-37-26-10-6-5-9-23(26)31/h2-15H,16-19H2,1H3. The number of furan rings is 1. The molecule has 0 N–H and O–H groups in total. The van der Waals surface area contributed by atoms with Gasteiger partial charge in [0.05, 0.1) is 12.2 Å². The van der Waals surface area contributed by atoms with Crippen molar-refractivity contribution in [3.05, 3.63) is 113 Å². The minimum atomic E-state index is -0.566. The zero-order chi connectivity index (χ0) is 27.4. The Balaban J connectivity index is 1.29. The highest BCUT2D eigenvalue weighted by Crippen LogP contribution is 2.34. The number of fused-ring (bicyclic) bond motifs is 1. The summed E-state index contributed by atoms with van der Waals surface area (Å²) in [5.41, 5.74) is 1.64. The minimum absolute atomic E-state index is 0.0264. The molecule has 4 aromatic rings. The molecule has 0 unspecified atom stereocenters. The van der Waals surface area contributed by atoms with Crippen molar-refractivity contribution in [1.29, 1.82) is 0 Å². The van der Waals surface area contributed by atoms with Crippen molar-refractivity contribution in [2.75, 3.05) is 25.2 Å². The van der Waals surface area contributed by atoms with Crippen LogP contribution in [0.2, 0.25) is 0 Å². The SMILES string of the molecule is CN(Cc1ccccc1)C(=O)c1ccc(CN2C(=O)COc3ccc(C(=O)COc4ccccc4F)cc32)o1. The first-order valence-corrected chi connectivity index (χ1v) is 12.2. The van der Waals surface area contributed by atoms with E-state index in [1.807, 2.05) is 30.3 Å². The zero-order valence-electron chi connectivity index (χ0n) is 21.1. The van der Waals surface area contributed by atoms with Crippen LogP contribution >= 0.6 is 0 Å². The van der Waals surface area contributed by atoms with Crippen molar-refractivity contribution in [3.8, 4) is 11.5 Å². The quantitative estimate of drug-likeness (QED) is 0.288. The molecule has 9 heteroatoms. The van der Waals surface area contributed by atoms with Crippen LogP contribution < -0.4 is 14.4 Å². The second-order valence-corrected chi connectivity index (χ2v) is 9.01. The van der Waals surface area contributed by atoms with Gasteiger partial charge in [-0.1, -0.05) is 42.5 Å². The zero-order valence-corrected chi connectivity index (χ0v) is 21.1. The van der Waals surface area contributed by atoms with Crippen LogP contribution in [-0.2, 0) is 17.9 Å². The topological polar surface area (TPSA) is 89.3 Å². The number of ether oxygens (including phenoxy) is 2. The number of halogens is 1. The fourth-order valence-electron chi connectivity index (χ4n) is 4.19. The van der Waals surface area contributed by atoms with Crippen molar-refractivity contribution >= 4 is 23.3 Å². The van der Waals surface area contributed by atoms with Crippen LogP contribution in [0.1, 0.15) is 32.2 Å². The number of hydrogen-bond acceptors (Lipinski definition) is 6. The summed E-state index contributed by atoms with van der Waals surface area (Å²) >= 11 is 0. The largest absolute Gasteiger partial charge is 0.482 e. The van der Waals surface area contributed by atoms with Gasteiger partial charge in [-0.2, -0.15) is 0 Å². The Labute approximate surface area is 224 Å². The summed E-state index contributed by atoms with van der Waals surface area (Å²) in [6, 6.07) is 23.3. The van der Waals surface area contributed by atoms with Gasteiger partial charge < -0.3 is 18.8 Å². The Hall–Kier alpha value is -4.92. The summed E-state index contributed by atoms with van der Waals surface area (Å²) in [5, 5.41) is 0. The van der Waals surface area contributed by atoms with Crippen LogP contribution in [0.15, 0.2) is 89.3 Å². The van der Waals surface area contributed by atoms with E-state index in [4.69, 9.17) is 13.9 Å². The number of nitrogens with zero attached hydrogens (tertiary/aromatic N) is 2. The van der Waals surface area contributed by atoms with Gasteiger partial charge in [0.15, 0.2) is 36.3 Å². The molecule has 0 atom stereocenters. The summed E-state index contributed by atoms with van der Waals surface area (Å²) < 4.78 is 30.5. The third kappa shape index (κ3) is 5.82. The normalized spacial score (nSPS) is 12.5. The number of Topliss-reactive ketones (excluding diaryl/α,β-unsaturated/α-hetero) is 1. The van der Waals surface area contributed by atoms with Gasteiger partial charge in [0.25, 0.3) is 11.8 Å². The smallest absolute Gasteiger partial charge is 0.289 e. The second kappa shape index (κ2) is 11.2. The number of ketones is 1. The van der Waals surface area contributed by atoms with Gasteiger partial charge >= 0.3 is 0 Å². The molecule has 0 bridgehead atoms. The first-order valence-electron chi connectivity index (χ1n) is 12.2. The molecule has 1 aromatic heterocycles. The van der Waals surface area contributed by atoms with Crippen LogP contribution in [0.4, 0.5) is 10.1 Å². The molecule has 0 fully saturated rings. The second-order valence-electron chi connectivity index (χ2n) is 9.01. The van der Waals surface area contributed by atoms with Gasteiger partial charge in [0, 0.05) is 19.2 Å². The monoisotopic (exact) mass is 528 g/mol. The first kappa shape index (κ1) is 25.7. The maximum atomic E-state index is 13.8. The molecule has 3 aromatic carbocycles. The Morgan fingerprint density at radius 1 is 1.00 bits per heavy atom. The molecule has 1 aliphatic rings. The van der Waals surface area contributed by atoms with E-state index in [0.717, 1.165) is 5.56 Å². The van der Waals surface area contributed by atoms with Crippen molar-refractivity contribution < 1.29 is 32.7 Å². The molecule has 198 valence electrons. The van der Waals surface area contributed by atoms with E-state index < -0.39 is 11.6 Å². The van der Waals surface area contributed by atoms with Gasteiger partial charge in [-0.05, 0) is 48.0 Å². The lowest BCUT2D eigenvalue weighted by atomic mass is 10.1. The molecule has 0 spiro atoms. The third-order valence-electron chi connectivity index (χ3n) is 6.21. The van der Waals surface area contributed by atoms with Crippen LogP contribution in [0.5, 0.6) is 11.5 Å². The molecule has 5 rings (SSSR count). The number of carbonyl (C=O) groups excluding carboxylic acids is 3. The number of carbonyl (C=O) groups is 3. The van der Waals surface area contributed by atoms with Crippen molar-refractivity contribution in [1.82, 2.24) is 4.90 Å². The highest BCUT2D eigenvalue weighted by molar-refractivity contribution is 6.02. The van der Waals surface area contributed by atoms with Crippen LogP contribution in [0.3, 0.4) is 0 Å². The summed E-state index contributed by atoms with van der Waals surface area (Å²) in [7, 11) is 1.69. The highest BCUT2D eigenvalue weighted by Gasteiger charge is 2.28. The van der Waals surface area contributed by atoms with Crippen molar-refractivity contribution in [2.45, 2.75) is 13.1 Å². The van der Waals surface area contributed by atoms with Gasteiger partial charge in [-0.15, -0.1) is 0 Å². The van der Waals surface area contributed by atoms with Gasteiger partial charge in [0.2, 0.25) is 0 Å². The molecule has 2 amide bonds. The third-order valence-corrected chi connectivity index (χ3v) is 6.21. The predicted octanol–water partition coefficient (Wildman–Crippen LogP) is 4.88. The average Bonchev–Trinajstić information content (AvgIpc) is 3.42. The van der Waals surface area contributed by atoms with E-state index in [1.54, 1.807) is 42.3 Å². The van der Waals surface area contributed by atoms with E-state index >= 15 is 0 Å². The lowest BCUT2D eigenvalue weighted by Gasteiger charge is -2.29. The maximum Gasteiger partial charge on any atom is 0.289 e. The molecule has 39 heavy (non-hydrogen) atoms. The van der Waals surface area contributed by atoms with Gasteiger partial charge in [-0.3, -0.25) is 19.3 Å². The Kier molecular flexibility index (Phi) is 7.40. The van der Waals surface area contributed by atoms with E-state index in [0.29, 0.717) is 23.7 Å². The Bertz CT molecular complexity index is 1520. The molecule has 8 nitrogen and oxygen atoms in total. The highest BCUT2D eigenvalue weighted by atomic mass is 19.1. The fourth-order valence-corrected chi connectivity index (χ4v) is 4.19. The van der Waals surface area contributed by atoms with Crippen molar-refractivity contribution in [3.63, 3.8) is 0 Å². The minimum Gasteiger partial charge on any atom is -0.482 e. The Morgan fingerprint density at radius 2 is 1.77 bits per heavy atom. The molecular weight excluding hydrogens is 503 g/mol. The fraction of sp³-hybridized carbons (Fsp3) is 0.167. The molecule has 0 radical (unpaired) electrons. The van der Waals surface area contributed by atoms with E-state index in [9.17, 15) is 18.8 Å². The number of rotatable bonds is 9. The molecule has 2 heterocycles. The number of hydrogen-bond donors (Lipinski definition) is 0. The van der Waals surface area contributed by atoms with Crippen molar-refractivity contribution in [2.24, 2.45) is 0 Å². The number of amides is 2.